The fraction of sp³-hybridized carbons (Fsp3) is 0.400. The van der Waals surface area contributed by atoms with Gasteiger partial charge in [0.05, 0.1) is 17.6 Å². The molecule has 134 valence electrons. The Labute approximate surface area is 152 Å². The van der Waals surface area contributed by atoms with Gasteiger partial charge in [0.1, 0.15) is 5.82 Å². The van der Waals surface area contributed by atoms with Crippen LogP contribution in [0, 0.1) is 6.92 Å². The standard InChI is InChI=1S/C20H23N5O/c1-13-5-6-14-10-15(11-21-16(14)9-13)18(26)24-7-8-25-17(12-24)22-23-19(25)20(2,3)4/h5-6,9-11H,7-8,12H2,1-4H3. The fourth-order valence-electron chi connectivity index (χ4n) is 3.42. The Balaban J connectivity index is 1.60. The molecule has 2 aromatic heterocycles. The number of hydrogen-bond acceptors (Lipinski definition) is 4. The Morgan fingerprint density at radius 1 is 1.12 bits per heavy atom. The molecule has 0 aliphatic carbocycles. The Hall–Kier alpha value is -2.76. The summed E-state index contributed by atoms with van der Waals surface area (Å²) in [6, 6.07) is 8.00. The molecule has 3 aromatic rings. The molecule has 3 heterocycles. The minimum atomic E-state index is -0.0577. The Bertz CT molecular complexity index is 999. The number of amides is 1. The van der Waals surface area contributed by atoms with Crippen LogP contribution < -0.4 is 0 Å². The third kappa shape index (κ3) is 2.85. The van der Waals surface area contributed by atoms with E-state index in [4.69, 9.17) is 0 Å². The third-order valence-corrected chi connectivity index (χ3v) is 4.80. The van der Waals surface area contributed by atoms with Gasteiger partial charge >= 0.3 is 0 Å². The second kappa shape index (κ2) is 5.90. The van der Waals surface area contributed by atoms with Gasteiger partial charge in [0.25, 0.3) is 5.91 Å². The van der Waals surface area contributed by atoms with Crippen LogP contribution in [0.1, 0.15) is 48.3 Å². The average Bonchev–Trinajstić information content (AvgIpc) is 3.04. The van der Waals surface area contributed by atoms with Crippen LogP contribution in [0.5, 0.6) is 0 Å². The fourth-order valence-corrected chi connectivity index (χ4v) is 3.42. The summed E-state index contributed by atoms with van der Waals surface area (Å²) in [4.78, 5) is 19.2. The van der Waals surface area contributed by atoms with E-state index in [2.05, 4.69) is 40.5 Å². The smallest absolute Gasteiger partial charge is 0.255 e. The third-order valence-electron chi connectivity index (χ3n) is 4.80. The van der Waals surface area contributed by atoms with E-state index in [-0.39, 0.29) is 11.3 Å². The lowest BCUT2D eigenvalue weighted by Crippen LogP contribution is -2.39. The first kappa shape index (κ1) is 16.7. The molecule has 1 aliphatic heterocycles. The van der Waals surface area contributed by atoms with Crippen molar-refractivity contribution in [3.05, 3.63) is 53.2 Å². The lowest BCUT2D eigenvalue weighted by atomic mass is 9.95. The highest BCUT2D eigenvalue weighted by Crippen LogP contribution is 2.24. The van der Waals surface area contributed by atoms with Crippen molar-refractivity contribution in [1.82, 2.24) is 24.6 Å². The Morgan fingerprint density at radius 3 is 2.69 bits per heavy atom. The van der Waals surface area contributed by atoms with Crippen LogP contribution in [0.3, 0.4) is 0 Å². The topological polar surface area (TPSA) is 63.9 Å². The maximum atomic E-state index is 13.0. The van der Waals surface area contributed by atoms with Crippen LogP contribution >= 0.6 is 0 Å². The summed E-state index contributed by atoms with van der Waals surface area (Å²) >= 11 is 0. The minimum absolute atomic E-state index is 0.00784. The van der Waals surface area contributed by atoms with Crippen molar-refractivity contribution in [2.45, 2.75) is 46.2 Å². The van der Waals surface area contributed by atoms with E-state index in [0.29, 0.717) is 18.7 Å². The summed E-state index contributed by atoms with van der Waals surface area (Å²) in [7, 11) is 0. The first-order valence-corrected chi connectivity index (χ1v) is 8.91. The molecular weight excluding hydrogens is 326 g/mol. The van der Waals surface area contributed by atoms with E-state index in [0.717, 1.165) is 34.7 Å². The van der Waals surface area contributed by atoms with Crippen LogP contribution in [0.2, 0.25) is 0 Å². The molecule has 0 unspecified atom stereocenters. The van der Waals surface area contributed by atoms with Crippen molar-refractivity contribution in [3.8, 4) is 0 Å². The highest BCUT2D eigenvalue weighted by Gasteiger charge is 2.29. The molecule has 0 spiro atoms. The minimum Gasteiger partial charge on any atom is -0.329 e. The number of fused-ring (bicyclic) bond motifs is 2. The predicted molar refractivity (Wildman–Crippen MR) is 99.9 cm³/mol. The number of carbonyl (C=O) groups excluding carboxylic acids is 1. The number of pyridine rings is 1. The number of rotatable bonds is 1. The lowest BCUT2D eigenvalue weighted by molar-refractivity contribution is 0.0705. The molecule has 1 amide bonds. The Morgan fingerprint density at radius 2 is 1.92 bits per heavy atom. The van der Waals surface area contributed by atoms with E-state index >= 15 is 0 Å². The zero-order valence-electron chi connectivity index (χ0n) is 15.7. The molecule has 1 aromatic carbocycles. The van der Waals surface area contributed by atoms with Crippen molar-refractivity contribution in [1.29, 1.82) is 0 Å². The number of nitrogens with zero attached hydrogens (tertiary/aromatic N) is 5. The average molecular weight is 349 g/mol. The quantitative estimate of drug-likeness (QED) is 0.677. The molecule has 0 atom stereocenters. The van der Waals surface area contributed by atoms with Gasteiger partial charge in [-0.3, -0.25) is 9.78 Å². The van der Waals surface area contributed by atoms with Gasteiger partial charge in [-0.1, -0.05) is 32.9 Å². The molecule has 0 bridgehead atoms. The van der Waals surface area contributed by atoms with Crippen molar-refractivity contribution in [2.75, 3.05) is 6.54 Å². The largest absolute Gasteiger partial charge is 0.329 e. The van der Waals surface area contributed by atoms with Crippen LogP contribution in [0.15, 0.2) is 30.5 Å². The summed E-state index contributed by atoms with van der Waals surface area (Å²) in [5, 5.41) is 9.64. The van der Waals surface area contributed by atoms with Crippen molar-refractivity contribution in [3.63, 3.8) is 0 Å². The zero-order valence-corrected chi connectivity index (χ0v) is 15.7. The molecule has 6 heteroatoms. The van der Waals surface area contributed by atoms with Gasteiger partial charge < -0.3 is 9.47 Å². The summed E-state index contributed by atoms with van der Waals surface area (Å²) in [6.07, 6.45) is 1.67. The molecule has 4 rings (SSSR count). The van der Waals surface area contributed by atoms with Gasteiger partial charge in [0.2, 0.25) is 0 Å². The molecule has 0 N–H and O–H groups in total. The molecule has 0 saturated carbocycles. The maximum absolute atomic E-state index is 13.0. The summed E-state index contributed by atoms with van der Waals surface area (Å²) in [5.74, 6) is 1.81. The van der Waals surface area contributed by atoms with Gasteiger partial charge in [-0.15, -0.1) is 10.2 Å². The van der Waals surface area contributed by atoms with Crippen LogP contribution in [-0.2, 0) is 18.5 Å². The second-order valence-electron chi connectivity index (χ2n) is 7.99. The van der Waals surface area contributed by atoms with E-state index in [1.165, 1.54) is 0 Å². The van der Waals surface area contributed by atoms with Crippen LogP contribution in [0.4, 0.5) is 0 Å². The Kier molecular flexibility index (Phi) is 3.79. The van der Waals surface area contributed by atoms with E-state index in [9.17, 15) is 4.79 Å². The van der Waals surface area contributed by atoms with Crippen molar-refractivity contribution >= 4 is 16.8 Å². The zero-order chi connectivity index (χ0) is 18.5. The molecule has 1 aliphatic rings. The highest BCUT2D eigenvalue weighted by atomic mass is 16.2. The molecular formula is C20H23N5O. The molecule has 0 radical (unpaired) electrons. The summed E-state index contributed by atoms with van der Waals surface area (Å²) in [6.45, 7) is 10.3. The summed E-state index contributed by atoms with van der Waals surface area (Å²) < 4.78 is 2.14. The van der Waals surface area contributed by atoms with Crippen LogP contribution in [-0.4, -0.2) is 37.1 Å². The predicted octanol–water partition coefficient (Wildman–Crippen LogP) is 3.09. The highest BCUT2D eigenvalue weighted by molar-refractivity contribution is 5.97. The van der Waals surface area contributed by atoms with Crippen molar-refractivity contribution < 1.29 is 4.79 Å². The number of aromatic nitrogens is 4. The molecule has 0 fully saturated rings. The van der Waals surface area contributed by atoms with Crippen LogP contribution in [0.25, 0.3) is 10.9 Å². The number of hydrogen-bond donors (Lipinski definition) is 0. The molecule has 0 saturated heterocycles. The maximum Gasteiger partial charge on any atom is 0.255 e. The van der Waals surface area contributed by atoms with Gasteiger partial charge in [-0.2, -0.15) is 0 Å². The van der Waals surface area contributed by atoms with Gasteiger partial charge in [-0.25, -0.2) is 0 Å². The van der Waals surface area contributed by atoms with E-state index in [1.54, 1.807) is 6.20 Å². The van der Waals surface area contributed by atoms with E-state index < -0.39 is 0 Å². The number of benzene rings is 1. The van der Waals surface area contributed by atoms with Gasteiger partial charge in [-0.05, 0) is 24.6 Å². The first-order chi connectivity index (χ1) is 12.3. The van der Waals surface area contributed by atoms with Gasteiger partial charge in [0.15, 0.2) is 5.82 Å². The first-order valence-electron chi connectivity index (χ1n) is 8.91. The lowest BCUT2D eigenvalue weighted by Gasteiger charge is -2.29. The second-order valence-corrected chi connectivity index (χ2v) is 7.99. The summed E-state index contributed by atoms with van der Waals surface area (Å²) in [5.41, 5.74) is 2.63. The van der Waals surface area contributed by atoms with E-state index in [1.807, 2.05) is 36.1 Å². The molecule has 26 heavy (non-hydrogen) atoms. The van der Waals surface area contributed by atoms with Gasteiger partial charge in [0, 0.05) is 30.1 Å². The number of aryl methyl sites for hydroxylation is 1. The number of carbonyl (C=O) groups is 1. The van der Waals surface area contributed by atoms with Crippen molar-refractivity contribution in [2.24, 2.45) is 0 Å². The molecule has 6 nitrogen and oxygen atoms in total. The monoisotopic (exact) mass is 349 g/mol. The SMILES string of the molecule is Cc1ccc2cc(C(=O)N3CCn4c(nnc4C(C)(C)C)C3)cnc2c1. The normalized spacial score (nSPS) is 14.5.